The third-order valence-electron chi connectivity index (χ3n) is 1.88. The van der Waals surface area contributed by atoms with E-state index in [0.717, 1.165) is 25.0 Å². The molecule has 1 aromatic heterocycles. The summed E-state index contributed by atoms with van der Waals surface area (Å²) in [5, 5.41) is 0. The van der Waals surface area contributed by atoms with Crippen LogP contribution >= 0.6 is 0 Å². The fourth-order valence-electron chi connectivity index (χ4n) is 1.32. The zero-order valence-corrected chi connectivity index (χ0v) is 6.23. The van der Waals surface area contributed by atoms with Crippen LogP contribution in [0, 0.1) is 0 Å². The number of hydrogen-bond donors (Lipinski definition) is 0. The van der Waals surface area contributed by atoms with E-state index in [1.807, 2.05) is 12.4 Å². The van der Waals surface area contributed by atoms with Crippen LogP contribution in [0.3, 0.4) is 0 Å². The van der Waals surface area contributed by atoms with E-state index in [4.69, 9.17) is 4.74 Å². The monoisotopic (exact) mass is 150 g/mol. The molecule has 0 amide bonds. The van der Waals surface area contributed by atoms with Gasteiger partial charge in [0, 0.05) is 24.6 Å². The molecule has 58 valence electrons. The van der Waals surface area contributed by atoms with E-state index in [1.165, 1.54) is 0 Å². The van der Waals surface area contributed by atoms with Crippen molar-refractivity contribution >= 4 is 0 Å². The molecule has 0 spiro atoms. The molecule has 1 aliphatic rings. The van der Waals surface area contributed by atoms with Crippen LogP contribution in [0.1, 0.15) is 24.5 Å². The quantitative estimate of drug-likeness (QED) is 0.605. The Morgan fingerprint density at radius 3 is 2.82 bits per heavy atom. The van der Waals surface area contributed by atoms with Crippen molar-refractivity contribution in [3.8, 4) is 0 Å². The van der Waals surface area contributed by atoms with E-state index in [0.29, 0.717) is 0 Å². The third-order valence-corrected chi connectivity index (χ3v) is 1.88. The van der Waals surface area contributed by atoms with Crippen molar-refractivity contribution in [1.29, 1.82) is 0 Å². The molecule has 0 bridgehead atoms. The van der Waals surface area contributed by atoms with Crippen LogP contribution in [-0.4, -0.2) is 16.6 Å². The van der Waals surface area contributed by atoms with Crippen molar-refractivity contribution in [2.24, 2.45) is 0 Å². The summed E-state index contributed by atoms with van der Waals surface area (Å²) in [4.78, 5) is 7.88. The molecule has 2 rings (SSSR count). The lowest BCUT2D eigenvalue weighted by Gasteiger charge is -2.06. The van der Waals surface area contributed by atoms with Gasteiger partial charge in [-0.05, 0) is 12.8 Å². The number of rotatable bonds is 1. The molecule has 1 aromatic rings. The second-order valence-corrected chi connectivity index (χ2v) is 2.67. The Hall–Kier alpha value is -0.960. The Bertz CT molecular complexity index is 219. The minimum atomic E-state index is 0.246. The molecule has 0 N–H and O–H groups in total. The number of hydrogen-bond acceptors (Lipinski definition) is 3. The predicted octanol–water partition coefficient (Wildman–Crippen LogP) is 1.33. The lowest BCUT2D eigenvalue weighted by molar-refractivity contribution is 0.111. The molecule has 1 aliphatic heterocycles. The number of ether oxygens (including phenoxy) is 1. The third kappa shape index (κ3) is 1.38. The summed E-state index contributed by atoms with van der Waals surface area (Å²) < 4.78 is 5.46. The van der Waals surface area contributed by atoms with Gasteiger partial charge < -0.3 is 4.74 Å². The molecule has 2 heterocycles. The van der Waals surface area contributed by atoms with Gasteiger partial charge in [-0.25, -0.2) is 9.97 Å². The Labute approximate surface area is 65.4 Å². The van der Waals surface area contributed by atoms with Crippen molar-refractivity contribution < 1.29 is 4.74 Å². The summed E-state index contributed by atoms with van der Waals surface area (Å²) in [6.45, 7) is 0.875. The summed E-state index contributed by atoms with van der Waals surface area (Å²) in [5.74, 6) is 0. The number of nitrogens with zero attached hydrogens (tertiary/aromatic N) is 2. The van der Waals surface area contributed by atoms with Crippen LogP contribution in [0.25, 0.3) is 0 Å². The van der Waals surface area contributed by atoms with Crippen LogP contribution in [0.4, 0.5) is 0 Å². The zero-order chi connectivity index (χ0) is 7.52. The maximum Gasteiger partial charge on any atom is 0.115 e. The molecular formula is C8H10N2O. The van der Waals surface area contributed by atoms with Crippen molar-refractivity contribution in [3.05, 3.63) is 24.3 Å². The number of aromatic nitrogens is 2. The van der Waals surface area contributed by atoms with Gasteiger partial charge in [0.15, 0.2) is 0 Å². The molecule has 0 aliphatic carbocycles. The summed E-state index contributed by atoms with van der Waals surface area (Å²) in [6.07, 6.45) is 7.69. The highest BCUT2D eigenvalue weighted by atomic mass is 16.5. The van der Waals surface area contributed by atoms with Crippen LogP contribution < -0.4 is 0 Å². The van der Waals surface area contributed by atoms with E-state index in [2.05, 4.69) is 9.97 Å². The zero-order valence-electron chi connectivity index (χ0n) is 6.23. The van der Waals surface area contributed by atoms with Crippen molar-refractivity contribution in [3.63, 3.8) is 0 Å². The first-order valence-corrected chi connectivity index (χ1v) is 3.83. The first kappa shape index (κ1) is 6.73. The summed E-state index contributed by atoms with van der Waals surface area (Å²) in [6, 6.07) is 0. The molecule has 0 aromatic carbocycles. The van der Waals surface area contributed by atoms with Gasteiger partial charge in [0.05, 0.1) is 6.10 Å². The minimum absolute atomic E-state index is 0.246. The molecule has 3 nitrogen and oxygen atoms in total. The van der Waals surface area contributed by atoms with Crippen LogP contribution in [0.5, 0.6) is 0 Å². The highest BCUT2D eigenvalue weighted by molar-refractivity contribution is 5.07. The second kappa shape index (κ2) is 2.96. The molecule has 0 radical (unpaired) electrons. The minimum Gasteiger partial charge on any atom is -0.373 e. The van der Waals surface area contributed by atoms with Gasteiger partial charge in [0.2, 0.25) is 0 Å². The van der Waals surface area contributed by atoms with Gasteiger partial charge in [-0.3, -0.25) is 0 Å². The Kier molecular flexibility index (Phi) is 1.81. The SMILES string of the molecule is c1ncc([C@H]2CCCO2)cn1. The van der Waals surface area contributed by atoms with E-state index in [-0.39, 0.29) is 6.10 Å². The maximum absolute atomic E-state index is 5.46. The van der Waals surface area contributed by atoms with Gasteiger partial charge in [-0.1, -0.05) is 0 Å². The van der Waals surface area contributed by atoms with Crippen molar-refractivity contribution in [2.45, 2.75) is 18.9 Å². The summed E-state index contributed by atoms with van der Waals surface area (Å²) in [7, 11) is 0. The summed E-state index contributed by atoms with van der Waals surface area (Å²) in [5.41, 5.74) is 1.10. The highest BCUT2D eigenvalue weighted by Crippen LogP contribution is 2.26. The normalized spacial score (nSPS) is 23.8. The first-order chi connectivity index (χ1) is 5.47. The molecule has 0 saturated carbocycles. The first-order valence-electron chi connectivity index (χ1n) is 3.83. The Morgan fingerprint density at radius 1 is 1.36 bits per heavy atom. The van der Waals surface area contributed by atoms with Crippen LogP contribution in [-0.2, 0) is 4.74 Å². The highest BCUT2D eigenvalue weighted by Gasteiger charge is 2.17. The fraction of sp³-hybridized carbons (Fsp3) is 0.500. The molecule has 11 heavy (non-hydrogen) atoms. The Balaban J connectivity index is 2.16. The smallest absolute Gasteiger partial charge is 0.115 e. The van der Waals surface area contributed by atoms with E-state index < -0.39 is 0 Å². The fourth-order valence-corrected chi connectivity index (χ4v) is 1.32. The van der Waals surface area contributed by atoms with E-state index >= 15 is 0 Å². The van der Waals surface area contributed by atoms with Gasteiger partial charge >= 0.3 is 0 Å². The van der Waals surface area contributed by atoms with Gasteiger partial charge in [-0.15, -0.1) is 0 Å². The molecule has 3 heteroatoms. The summed E-state index contributed by atoms with van der Waals surface area (Å²) >= 11 is 0. The van der Waals surface area contributed by atoms with E-state index in [1.54, 1.807) is 6.33 Å². The maximum atomic E-state index is 5.46. The molecule has 1 atom stereocenters. The van der Waals surface area contributed by atoms with Gasteiger partial charge in [0.25, 0.3) is 0 Å². The lowest BCUT2D eigenvalue weighted by Crippen LogP contribution is -1.96. The van der Waals surface area contributed by atoms with Crippen LogP contribution in [0.15, 0.2) is 18.7 Å². The predicted molar refractivity (Wildman–Crippen MR) is 40.0 cm³/mol. The van der Waals surface area contributed by atoms with Crippen molar-refractivity contribution in [2.75, 3.05) is 6.61 Å². The van der Waals surface area contributed by atoms with Gasteiger partial charge in [-0.2, -0.15) is 0 Å². The molecule has 1 fully saturated rings. The largest absolute Gasteiger partial charge is 0.373 e. The average molecular weight is 150 g/mol. The standard InChI is InChI=1S/C8H10N2O/c1-2-8(11-3-1)7-4-9-6-10-5-7/h4-6,8H,1-3H2/t8-/m1/s1. The van der Waals surface area contributed by atoms with Crippen LogP contribution in [0.2, 0.25) is 0 Å². The lowest BCUT2D eigenvalue weighted by atomic mass is 10.1. The average Bonchev–Trinajstić information content (AvgIpc) is 2.58. The van der Waals surface area contributed by atoms with Gasteiger partial charge in [0.1, 0.15) is 6.33 Å². The molecule has 0 unspecified atom stereocenters. The Morgan fingerprint density at radius 2 is 2.18 bits per heavy atom. The molecular weight excluding hydrogens is 140 g/mol. The van der Waals surface area contributed by atoms with E-state index in [9.17, 15) is 0 Å². The topological polar surface area (TPSA) is 35.0 Å². The molecule has 1 saturated heterocycles. The van der Waals surface area contributed by atoms with Crippen molar-refractivity contribution in [1.82, 2.24) is 9.97 Å². The second-order valence-electron chi connectivity index (χ2n) is 2.67.